The molecule has 1 rings (SSSR count). The van der Waals surface area contributed by atoms with Crippen LogP contribution in [0.5, 0.6) is 0 Å². The Bertz CT molecular complexity index is 523. The van der Waals surface area contributed by atoms with E-state index < -0.39 is 29.0 Å². The minimum absolute atomic E-state index is 0.0408. The number of aromatic carboxylic acids is 1. The maximum Gasteiger partial charge on any atom is 0.338 e. The molecule has 7 nitrogen and oxygen atoms in total. The molecule has 7 heteroatoms. The number of esters is 1. The summed E-state index contributed by atoms with van der Waals surface area (Å²) in [5.74, 6) is -1.96. The zero-order valence-corrected chi connectivity index (χ0v) is 10.5. The molecule has 0 aromatic heterocycles. The number of hydrogen-bond donors (Lipinski definition) is 1. The Hall–Kier alpha value is -2.44. The lowest BCUT2D eigenvalue weighted by molar-refractivity contribution is -0.563. The van der Waals surface area contributed by atoms with Gasteiger partial charge in [-0.1, -0.05) is 6.07 Å². The fourth-order valence-corrected chi connectivity index (χ4v) is 1.16. The fourth-order valence-electron chi connectivity index (χ4n) is 1.16. The SMILES string of the molecule is CC(C)(COC(=O)c1cccc(C(=O)O)c1)[N+](=O)[O-]. The summed E-state index contributed by atoms with van der Waals surface area (Å²) < 4.78 is 4.82. The second-order valence-corrected chi connectivity index (χ2v) is 4.53. The van der Waals surface area contributed by atoms with E-state index in [9.17, 15) is 19.7 Å². The zero-order chi connectivity index (χ0) is 14.6. The molecule has 0 atom stereocenters. The van der Waals surface area contributed by atoms with Crippen molar-refractivity contribution in [2.24, 2.45) is 0 Å². The summed E-state index contributed by atoms with van der Waals surface area (Å²) in [7, 11) is 0. The van der Waals surface area contributed by atoms with E-state index in [1.54, 1.807) is 0 Å². The maximum absolute atomic E-state index is 11.7. The van der Waals surface area contributed by atoms with E-state index in [0.29, 0.717) is 0 Å². The van der Waals surface area contributed by atoms with Crippen molar-refractivity contribution in [1.29, 1.82) is 0 Å². The van der Waals surface area contributed by atoms with Crippen molar-refractivity contribution >= 4 is 11.9 Å². The zero-order valence-electron chi connectivity index (χ0n) is 10.5. The van der Waals surface area contributed by atoms with E-state index in [1.165, 1.54) is 32.0 Å². The average molecular weight is 267 g/mol. The molecule has 0 amide bonds. The lowest BCUT2D eigenvalue weighted by Crippen LogP contribution is -2.37. The highest BCUT2D eigenvalue weighted by molar-refractivity contribution is 5.94. The Morgan fingerprint density at radius 2 is 1.95 bits per heavy atom. The number of nitrogens with zero attached hydrogens (tertiary/aromatic N) is 1. The van der Waals surface area contributed by atoms with Gasteiger partial charge < -0.3 is 9.84 Å². The van der Waals surface area contributed by atoms with Gasteiger partial charge in [-0.15, -0.1) is 0 Å². The molecule has 0 spiro atoms. The molecule has 0 fully saturated rings. The molecule has 0 aliphatic carbocycles. The van der Waals surface area contributed by atoms with Crippen LogP contribution in [0.1, 0.15) is 34.6 Å². The van der Waals surface area contributed by atoms with Crippen LogP contribution in [-0.2, 0) is 4.74 Å². The van der Waals surface area contributed by atoms with Crippen LogP contribution in [0.3, 0.4) is 0 Å². The molecule has 0 radical (unpaired) electrons. The van der Waals surface area contributed by atoms with E-state index in [2.05, 4.69) is 0 Å². The first-order chi connectivity index (χ1) is 8.74. The summed E-state index contributed by atoms with van der Waals surface area (Å²) in [4.78, 5) is 32.5. The first-order valence-corrected chi connectivity index (χ1v) is 5.39. The Balaban J connectivity index is 2.77. The molecule has 0 saturated heterocycles. The highest BCUT2D eigenvalue weighted by Gasteiger charge is 2.32. The summed E-state index contributed by atoms with van der Waals surface area (Å²) in [6.45, 7) is 2.26. The second kappa shape index (κ2) is 5.47. The number of carboxylic acid groups (broad SMARTS) is 1. The Morgan fingerprint density at radius 3 is 2.47 bits per heavy atom. The van der Waals surface area contributed by atoms with Crippen LogP contribution in [0.25, 0.3) is 0 Å². The number of benzene rings is 1. The molecular weight excluding hydrogens is 254 g/mol. The quantitative estimate of drug-likeness (QED) is 0.493. The minimum Gasteiger partial charge on any atom is -0.478 e. The molecule has 0 unspecified atom stereocenters. The standard InChI is InChI=1S/C12H13NO6/c1-12(2,13(17)18)7-19-11(16)9-5-3-4-8(6-9)10(14)15/h3-6H,7H2,1-2H3,(H,14,15). The molecule has 0 aliphatic heterocycles. The third-order valence-corrected chi connectivity index (χ3v) is 2.40. The number of rotatable bonds is 5. The van der Waals surface area contributed by atoms with E-state index in [-0.39, 0.29) is 11.1 Å². The predicted octanol–water partition coefficient (Wildman–Crippen LogP) is 1.60. The van der Waals surface area contributed by atoms with Crippen LogP contribution in [0, 0.1) is 10.1 Å². The van der Waals surface area contributed by atoms with Gasteiger partial charge in [-0.2, -0.15) is 0 Å². The summed E-state index contributed by atoms with van der Waals surface area (Å²) in [5.41, 5.74) is -1.40. The van der Waals surface area contributed by atoms with Crippen LogP contribution in [0.2, 0.25) is 0 Å². The van der Waals surface area contributed by atoms with Gasteiger partial charge in [-0.25, -0.2) is 9.59 Å². The van der Waals surface area contributed by atoms with Crippen molar-refractivity contribution in [3.63, 3.8) is 0 Å². The number of hydrogen-bond acceptors (Lipinski definition) is 5. The van der Waals surface area contributed by atoms with Gasteiger partial charge in [0.1, 0.15) is 0 Å². The number of ether oxygens (including phenoxy) is 1. The van der Waals surface area contributed by atoms with Gasteiger partial charge in [0.25, 0.3) is 0 Å². The predicted molar refractivity (Wildman–Crippen MR) is 64.8 cm³/mol. The van der Waals surface area contributed by atoms with Crippen molar-refractivity contribution in [2.75, 3.05) is 6.61 Å². The third kappa shape index (κ3) is 3.77. The molecule has 0 aliphatic rings. The molecule has 0 saturated carbocycles. The van der Waals surface area contributed by atoms with Gasteiger partial charge >= 0.3 is 11.9 Å². The Morgan fingerprint density at radius 1 is 1.37 bits per heavy atom. The molecule has 19 heavy (non-hydrogen) atoms. The van der Waals surface area contributed by atoms with E-state index in [0.717, 1.165) is 6.07 Å². The lowest BCUT2D eigenvalue weighted by atomic mass is 10.1. The van der Waals surface area contributed by atoms with Crippen LogP contribution < -0.4 is 0 Å². The summed E-state index contributed by atoms with van der Waals surface area (Å²) in [6, 6.07) is 5.27. The fraction of sp³-hybridized carbons (Fsp3) is 0.333. The number of carboxylic acids is 1. The summed E-state index contributed by atoms with van der Waals surface area (Å²) in [5, 5.41) is 19.4. The van der Waals surface area contributed by atoms with Gasteiger partial charge in [0.15, 0.2) is 6.61 Å². The molecule has 102 valence electrons. The van der Waals surface area contributed by atoms with E-state index in [4.69, 9.17) is 9.84 Å². The molecular formula is C12H13NO6. The summed E-state index contributed by atoms with van der Waals surface area (Å²) >= 11 is 0. The van der Waals surface area contributed by atoms with Gasteiger partial charge in [0.2, 0.25) is 5.54 Å². The third-order valence-electron chi connectivity index (χ3n) is 2.40. The maximum atomic E-state index is 11.7. The molecule has 1 aromatic rings. The lowest BCUT2D eigenvalue weighted by Gasteiger charge is -2.15. The van der Waals surface area contributed by atoms with Gasteiger partial charge in [-0.05, 0) is 18.2 Å². The average Bonchev–Trinajstić information content (AvgIpc) is 2.36. The van der Waals surface area contributed by atoms with E-state index in [1.807, 2.05) is 0 Å². The first kappa shape index (κ1) is 14.6. The van der Waals surface area contributed by atoms with Crippen LogP contribution in [0.4, 0.5) is 0 Å². The van der Waals surface area contributed by atoms with Gasteiger partial charge in [0, 0.05) is 18.8 Å². The van der Waals surface area contributed by atoms with Crippen LogP contribution >= 0.6 is 0 Å². The molecule has 0 heterocycles. The van der Waals surface area contributed by atoms with Gasteiger partial charge in [-0.3, -0.25) is 10.1 Å². The van der Waals surface area contributed by atoms with Gasteiger partial charge in [0.05, 0.1) is 11.1 Å². The van der Waals surface area contributed by atoms with Crippen molar-refractivity contribution in [3.05, 3.63) is 45.5 Å². The largest absolute Gasteiger partial charge is 0.478 e. The normalized spacial score (nSPS) is 10.8. The first-order valence-electron chi connectivity index (χ1n) is 5.39. The topological polar surface area (TPSA) is 107 Å². The Kier molecular flexibility index (Phi) is 4.21. The highest BCUT2D eigenvalue weighted by Crippen LogP contribution is 2.11. The molecule has 1 aromatic carbocycles. The minimum atomic E-state index is -1.39. The van der Waals surface area contributed by atoms with Crippen molar-refractivity contribution in [1.82, 2.24) is 0 Å². The van der Waals surface area contributed by atoms with Crippen LogP contribution in [-0.4, -0.2) is 34.1 Å². The molecule has 0 bridgehead atoms. The number of nitro groups is 1. The van der Waals surface area contributed by atoms with Crippen molar-refractivity contribution in [3.8, 4) is 0 Å². The Labute approximate surface area is 109 Å². The van der Waals surface area contributed by atoms with Crippen molar-refractivity contribution < 1.29 is 24.4 Å². The van der Waals surface area contributed by atoms with Crippen molar-refractivity contribution in [2.45, 2.75) is 19.4 Å². The smallest absolute Gasteiger partial charge is 0.338 e. The number of carbonyl (C=O) groups is 2. The monoisotopic (exact) mass is 267 g/mol. The summed E-state index contributed by atoms with van der Waals surface area (Å²) in [6.07, 6.45) is 0. The molecule has 1 N–H and O–H groups in total. The highest BCUT2D eigenvalue weighted by atomic mass is 16.6. The van der Waals surface area contributed by atoms with E-state index >= 15 is 0 Å². The second-order valence-electron chi connectivity index (χ2n) is 4.53. The van der Waals surface area contributed by atoms with Crippen LogP contribution in [0.15, 0.2) is 24.3 Å². The number of carbonyl (C=O) groups excluding carboxylic acids is 1.